The lowest BCUT2D eigenvalue weighted by molar-refractivity contribution is -0.140. The number of phenolic OH excluding ortho intramolecular Hbond substituents is 1. The molecule has 1 rings (SSSR count). The van der Waals surface area contributed by atoms with Gasteiger partial charge in [-0.2, -0.15) is 12.6 Å². The van der Waals surface area contributed by atoms with Gasteiger partial charge in [0.1, 0.15) is 5.75 Å². The zero-order chi connectivity index (χ0) is 14.4. The van der Waals surface area contributed by atoms with E-state index in [0.717, 1.165) is 4.47 Å². The minimum absolute atomic E-state index is 0.0167. The first-order valence-electron chi connectivity index (χ1n) is 5.58. The van der Waals surface area contributed by atoms with Gasteiger partial charge in [-0.1, -0.05) is 15.9 Å². The number of aliphatic hydroxyl groups is 1. The molecule has 0 bridgehead atoms. The molecular weight excluding hydrogens is 400 g/mol. The highest BCUT2D eigenvalue weighted by Gasteiger charge is 2.15. The van der Waals surface area contributed by atoms with E-state index in [9.17, 15) is 15.0 Å². The molecule has 7 heteroatoms. The van der Waals surface area contributed by atoms with Crippen molar-refractivity contribution in [1.82, 2.24) is 0 Å². The molecule has 0 spiro atoms. The summed E-state index contributed by atoms with van der Waals surface area (Å²) < 4.78 is 6.12. The van der Waals surface area contributed by atoms with Gasteiger partial charge in [0.25, 0.3) is 0 Å². The predicted molar refractivity (Wildman–Crippen MR) is 82.5 cm³/mol. The average Bonchev–Trinajstić information content (AvgIpc) is 2.38. The van der Waals surface area contributed by atoms with Crippen LogP contribution in [0.2, 0.25) is 0 Å². The number of hydrogen-bond acceptors (Lipinski definition) is 5. The second kappa shape index (κ2) is 8.14. The van der Waals surface area contributed by atoms with Gasteiger partial charge in [0.05, 0.1) is 22.9 Å². The number of phenols is 1. The molecule has 1 atom stereocenters. The van der Waals surface area contributed by atoms with Gasteiger partial charge in [-0.15, -0.1) is 0 Å². The number of halogens is 2. The van der Waals surface area contributed by atoms with Crippen molar-refractivity contribution in [3.05, 3.63) is 26.6 Å². The number of carbonyl (C=O) groups excluding carboxylic acids is 1. The van der Waals surface area contributed by atoms with Crippen LogP contribution in [0.4, 0.5) is 0 Å². The van der Waals surface area contributed by atoms with Crippen molar-refractivity contribution in [3.63, 3.8) is 0 Å². The van der Waals surface area contributed by atoms with Crippen LogP contribution in [0.3, 0.4) is 0 Å². The van der Waals surface area contributed by atoms with Crippen LogP contribution >= 0.6 is 44.5 Å². The van der Waals surface area contributed by atoms with E-state index in [1.807, 2.05) is 0 Å². The minimum Gasteiger partial charge on any atom is -0.506 e. The largest absolute Gasteiger partial charge is 0.506 e. The summed E-state index contributed by atoms with van der Waals surface area (Å²) >= 11 is 10.3. The van der Waals surface area contributed by atoms with E-state index >= 15 is 0 Å². The van der Waals surface area contributed by atoms with E-state index in [2.05, 4.69) is 44.5 Å². The first kappa shape index (κ1) is 16.8. The SMILES string of the molecule is O=C(CS)OCCC[C@@H](O)c1cc(Br)cc(Br)c1O. The van der Waals surface area contributed by atoms with Gasteiger partial charge in [0.2, 0.25) is 0 Å². The van der Waals surface area contributed by atoms with Crippen molar-refractivity contribution in [2.75, 3.05) is 12.4 Å². The Balaban J connectivity index is 2.54. The molecule has 106 valence electrons. The molecule has 4 nitrogen and oxygen atoms in total. The van der Waals surface area contributed by atoms with Gasteiger partial charge >= 0.3 is 5.97 Å². The third-order valence-electron chi connectivity index (χ3n) is 2.43. The average molecular weight is 414 g/mol. The highest BCUT2D eigenvalue weighted by Crippen LogP contribution is 2.36. The van der Waals surface area contributed by atoms with E-state index in [1.165, 1.54) is 0 Å². The van der Waals surface area contributed by atoms with Crippen molar-refractivity contribution in [2.45, 2.75) is 18.9 Å². The van der Waals surface area contributed by atoms with Crippen LogP contribution in [0.5, 0.6) is 5.75 Å². The maximum absolute atomic E-state index is 10.9. The van der Waals surface area contributed by atoms with Crippen LogP contribution in [0, 0.1) is 0 Å². The Morgan fingerprint density at radius 2 is 2.11 bits per heavy atom. The van der Waals surface area contributed by atoms with Gasteiger partial charge in [-0.25, -0.2) is 0 Å². The first-order chi connectivity index (χ1) is 8.95. The number of carbonyl (C=O) groups is 1. The van der Waals surface area contributed by atoms with Crippen LogP contribution in [0.15, 0.2) is 21.1 Å². The van der Waals surface area contributed by atoms with Crippen LogP contribution < -0.4 is 0 Å². The molecule has 0 saturated heterocycles. The van der Waals surface area contributed by atoms with E-state index in [0.29, 0.717) is 22.9 Å². The molecule has 0 aliphatic carbocycles. The fourth-order valence-corrected chi connectivity index (χ4v) is 2.85. The molecule has 0 fully saturated rings. The number of aliphatic hydroxyl groups excluding tert-OH is 1. The lowest BCUT2D eigenvalue weighted by Gasteiger charge is -2.14. The number of ether oxygens (including phenoxy) is 1. The Hall–Kier alpha value is -0.240. The molecule has 2 N–H and O–H groups in total. The third kappa shape index (κ3) is 5.33. The van der Waals surface area contributed by atoms with E-state index in [-0.39, 0.29) is 24.1 Å². The fourth-order valence-electron chi connectivity index (χ4n) is 1.50. The first-order valence-corrected chi connectivity index (χ1v) is 7.80. The molecule has 19 heavy (non-hydrogen) atoms. The number of aromatic hydroxyl groups is 1. The molecule has 0 amide bonds. The standard InChI is InChI=1S/C12H14Br2O4S/c13-7-4-8(12(17)9(14)5-7)10(15)2-1-3-18-11(16)6-19/h4-5,10,15,17,19H,1-3,6H2/t10-/m1/s1. The van der Waals surface area contributed by atoms with Crippen molar-refractivity contribution in [1.29, 1.82) is 0 Å². The molecule has 0 aliphatic rings. The Morgan fingerprint density at radius 3 is 2.74 bits per heavy atom. The molecule has 0 heterocycles. The summed E-state index contributed by atoms with van der Waals surface area (Å²) in [7, 11) is 0. The zero-order valence-corrected chi connectivity index (χ0v) is 14.0. The summed E-state index contributed by atoms with van der Waals surface area (Å²) in [5, 5.41) is 19.9. The molecular formula is C12H14Br2O4S. The Kier molecular flexibility index (Phi) is 7.20. The van der Waals surface area contributed by atoms with Crippen LogP contribution in [0.1, 0.15) is 24.5 Å². The van der Waals surface area contributed by atoms with Crippen LogP contribution in [-0.2, 0) is 9.53 Å². The van der Waals surface area contributed by atoms with Crippen molar-refractivity contribution < 1.29 is 19.7 Å². The Morgan fingerprint density at radius 1 is 1.42 bits per heavy atom. The second-order valence-corrected chi connectivity index (χ2v) is 5.95. The number of rotatable bonds is 6. The molecule has 0 aromatic heterocycles. The molecule has 0 unspecified atom stereocenters. The van der Waals surface area contributed by atoms with Gasteiger partial charge in [-0.3, -0.25) is 4.79 Å². The lowest BCUT2D eigenvalue weighted by atomic mass is 10.0. The predicted octanol–water partition coefficient (Wildman–Crippen LogP) is 3.20. The highest BCUT2D eigenvalue weighted by molar-refractivity contribution is 9.11. The second-order valence-electron chi connectivity index (χ2n) is 3.86. The molecule has 0 saturated carbocycles. The summed E-state index contributed by atoms with van der Waals surface area (Å²) in [5.74, 6) is -0.323. The fraction of sp³-hybridized carbons (Fsp3) is 0.417. The van der Waals surface area contributed by atoms with E-state index in [4.69, 9.17) is 4.74 Å². The Labute approximate surface area is 133 Å². The Bertz CT molecular complexity index is 454. The number of thiol groups is 1. The van der Waals surface area contributed by atoms with Gasteiger partial charge < -0.3 is 14.9 Å². The summed E-state index contributed by atoms with van der Waals surface area (Å²) in [6, 6.07) is 3.35. The molecule has 1 aromatic rings. The molecule has 1 aromatic carbocycles. The van der Waals surface area contributed by atoms with Crippen LogP contribution in [0.25, 0.3) is 0 Å². The number of hydrogen-bond donors (Lipinski definition) is 3. The monoisotopic (exact) mass is 412 g/mol. The summed E-state index contributed by atoms with van der Waals surface area (Å²) in [5.41, 5.74) is 0.432. The maximum Gasteiger partial charge on any atom is 0.315 e. The van der Waals surface area contributed by atoms with E-state index in [1.54, 1.807) is 12.1 Å². The van der Waals surface area contributed by atoms with Crippen LogP contribution in [-0.4, -0.2) is 28.5 Å². The highest BCUT2D eigenvalue weighted by atomic mass is 79.9. The van der Waals surface area contributed by atoms with Gasteiger partial charge in [0.15, 0.2) is 0 Å². The topological polar surface area (TPSA) is 66.8 Å². The lowest BCUT2D eigenvalue weighted by Crippen LogP contribution is -2.08. The van der Waals surface area contributed by atoms with Gasteiger partial charge in [-0.05, 0) is 40.9 Å². The zero-order valence-electron chi connectivity index (χ0n) is 9.97. The summed E-state index contributed by atoms with van der Waals surface area (Å²) in [4.78, 5) is 10.9. The summed E-state index contributed by atoms with van der Waals surface area (Å²) in [6.07, 6.45) is 0.0732. The normalized spacial score (nSPS) is 12.2. The molecule has 0 aliphatic heterocycles. The number of esters is 1. The van der Waals surface area contributed by atoms with Crippen molar-refractivity contribution in [3.8, 4) is 5.75 Å². The maximum atomic E-state index is 10.9. The number of benzene rings is 1. The van der Waals surface area contributed by atoms with Gasteiger partial charge in [0, 0.05) is 10.0 Å². The smallest absolute Gasteiger partial charge is 0.315 e. The van der Waals surface area contributed by atoms with E-state index < -0.39 is 6.10 Å². The minimum atomic E-state index is -0.816. The molecule has 0 radical (unpaired) electrons. The summed E-state index contributed by atoms with van der Waals surface area (Å²) in [6.45, 7) is 0.229. The van der Waals surface area contributed by atoms with Crippen molar-refractivity contribution in [2.24, 2.45) is 0 Å². The third-order valence-corrected chi connectivity index (χ3v) is 3.75. The quantitative estimate of drug-likeness (QED) is 0.380. The van der Waals surface area contributed by atoms with Crippen molar-refractivity contribution >= 4 is 50.5 Å².